The Bertz CT molecular complexity index is 322. The third kappa shape index (κ3) is 4.36. The van der Waals surface area contributed by atoms with Crippen LogP contribution in [0, 0.1) is 0 Å². The summed E-state index contributed by atoms with van der Waals surface area (Å²) in [5.74, 6) is 0.0110. The zero-order valence-electron chi connectivity index (χ0n) is 9.28. The van der Waals surface area contributed by atoms with Gasteiger partial charge in [-0.25, -0.2) is 0 Å². The number of benzene rings is 1. The van der Waals surface area contributed by atoms with Crippen LogP contribution in [0.25, 0.3) is 0 Å². The molecule has 4 heteroatoms. The molecule has 1 aromatic carbocycles. The van der Waals surface area contributed by atoms with Crippen LogP contribution in [-0.4, -0.2) is 37.7 Å². The van der Waals surface area contributed by atoms with Crippen molar-refractivity contribution in [3.05, 3.63) is 24.3 Å². The number of amides is 1. The fourth-order valence-corrected chi connectivity index (χ4v) is 1.57. The first kappa shape index (κ1) is 12.1. The maximum Gasteiger partial charge on any atom is 0.238 e. The molecule has 1 N–H and O–H groups in total. The number of rotatable bonds is 4. The van der Waals surface area contributed by atoms with E-state index in [2.05, 4.69) is 5.32 Å². The fourth-order valence-electron chi connectivity index (χ4n) is 1.16. The summed E-state index contributed by atoms with van der Waals surface area (Å²) in [6, 6.07) is 7.82. The third-order valence-corrected chi connectivity index (χ3v) is 2.58. The summed E-state index contributed by atoms with van der Waals surface area (Å²) in [4.78, 5) is 14.5. The lowest BCUT2D eigenvalue weighted by Gasteiger charge is -2.10. The molecule has 0 unspecified atom stereocenters. The zero-order chi connectivity index (χ0) is 11.3. The highest BCUT2D eigenvalue weighted by Crippen LogP contribution is 2.17. The standard InChI is InChI=1S/C11H16N2OS/c1-13(2)8-11(14)12-9-4-6-10(15-3)7-5-9/h4-7H,8H2,1-3H3,(H,12,14). The van der Waals surface area contributed by atoms with Gasteiger partial charge in [0.2, 0.25) is 5.91 Å². The first-order valence-corrected chi connectivity index (χ1v) is 5.93. The van der Waals surface area contributed by atoms with Gasteiger partial charge in [0.25, 0.3) is 0 Å². The molecule has 15 heavy (non-hydrogen) atoms. The minimum Gasteiger partial charge on any atom is -0.325 e. The molecule has 0 atom stereocenters. The quantitative estimate of drug-likeness (QED) is 0.793. The van der Waals surface area contributed by atoms with Gasteiger partial charge < -0.3 is 10.2 Å². The predicted octanol–water partition coefficient (Wildman–Crippen LogP) is 1.91. The van der Waals surface area contributed by atoms with Crippen molar-refractivity contribution in [1.29, 1.82) is 0 Å². The molecule has 0 aliphatic heterocycles. The Morgan fingerprint density at radius 2 is 1.93 bits per heavy atom. The number of carbonyl (C=O) groups is 1. The normalized spacial score (nSPS) is 10.4. The van der Waals surface area contributed by atoms with Crippen LogP contribution < -0.4 is 5.32 Å². The Labute approximate surface area is 94.9 Å². The Balaban J connectivity index is 2.53. The number of hydrogen-bond acceptors (Lipinski definition) is 3. The van der Waals surface area contributed by atoms with Gasteiger partial charge in [0, 0.05) is 10.6 Å². The molecule has 0 aromatic heterocycles. The van der Waals surface area contributed by atoms with Crippen molar-refractivity contribution in [2.75, 3.05) is 32.2 Å². The molecule has 0 heterocycles. The van der Waals surface area contributed by atoms with Gasteiger partial charge in [0.1, 0.15) is 0 Å². The topological polar surface area (TPSA) is 32.3 Å². The van der Waals surface area contributed by atoms with E-state index in [0.717, 1.165) is 5.69 Å². The van der Waals surface area contributed by atoms with E-state index in [0.29, 0.717) is 6.54 Å². The first-order valence-electron chi connectivity index (χ1n) is 4.70. The highest BCUT2D eigenvalue weighted by atomic mass is 32.2. The van der Waals surface area contributed by atoms with Crippen LogP contribution in [-0.2, 0) is 4.79 Å². The van der Waals surface area contributed by atoms with Crippen molar-refractivity contribution in [1.82, 2.24) is 4.90 Å². The summed E-state index contributed by atoms with van der Waals surface area (Å²) < 4.78 is 0. The van der Waals surface area contributed by atoms with Crippen molar-refractivity contribution in [2.45, 2.75) is 4.90 Å². The lowest BCUT2D eigenvalue weighted by molar-refractivity contribution is -0.116. The number of thioether (sulfide) groups is 1. The molecule has 0 aliphatic carbocycles. The van der Waals surface area contributed by atoms with Crippen LogP contribution in [0.2, 0.25) is 0 Å². The van der Waals surface area contributed by atoms with Crippen molar-refractivity contribution < 1.29 is 4.79 Å². The molecule has 1 amide bonds. The number of likely N-dealkylation sites (N-methyl/N-ethyl adjacent to an activating group) is 1. The van der Waals surface area contributed by atoms with E-state index in [-0.39, 0.29) is 5.91 Å². The van der Waals surface area contributed by atoms with Gasteiger partial charge >= 0.3 is 0 Å². The van der Waals surface area contributed by atoms with Gasteiger partial charge in [-0.1, -0.05) is 0 Å². The minimum atomic E-state index is 0.0110. The molecule has 0 fully saturated rings. The van der Waals surface area contributed by atoms with Crippen LogP contribution in [0.1, 0.15) is 0 Å². The Morgan fingerprint density at radius 1 is 1.33 bits per heavy atom. The van der Waals surface area contributed by atoms with E-state index in [1.54, 1.807) is 11.8 Å². The molecule has 0 bridgehead atoms. The number of anilines is 1. The van der Waals surface area contributed by atoms with Gasteiger partial charge in [0.05, 0.1) is 6.54 Å². The summed E-state index contributed by atoms with van der Waals surface area (Å²) in [7, 11) is 3.74. The molecule has 0 radical (unpaired) electrons. The van der Waals surface area contributed by atoms with Gasteiger partial charge in [0.15, 0.2) is 0 Å². The first-order chi connectivity index (χ1) is 7.11. The molecule has 82 valence electrons. The summed E-state index contributed by atoms with van der Waals surface area (Å²) in [6.07, 6.45) is 2.03. The van der Waals surface area contributed by atoms with Crippen LogP contribution in [0.5, 0.6) is 0 Å². The lowest BCUT2D eigenvalue weighted by atomic mass is 10.3. The van der Waals surface area contributed by atoms with E-state index in [1.165, 1.54) is 4.90 Å². The SMILES string of the molecule is CSc1ccc(NC(=O)CN(C)C)cc1. The van der Waals surface area contributed by atoms with E-state index >= 15 is 0 Å². The van der Waals surface area contributed by atoms with Crippen molar-refractivity contribution in [3.63, 3.8) is 0 Å². The average molecular weight is 224 g/mol. The number of carbonyl (C=O) groups excluding carboxylic acids is 1. The van der Waals surface area contributed by atoms with Gasteiger partial charge in [-0.05, 0) is 44.6 Å². The smallest absolute Gasteiger partial charge is 0.238 e. The third-order valence-electron chi connectivity index (χ3n) is 1.83. The second-order valence-electron chi connectivity index (χ2n) is 3.51. The highest BCUT2D eigenvalue weighted by Gasteiger charge is 2.02. The maximum atomic E-state index is 11.4. The molecule has 0 saturated carbocycles. The van der Waals surface area contributed by atoms with Crippen LogP contribution in [0.4, 0.5) is 5.69 Å². The highest BCUT2D eigenvalue weighted by molar-refractivity contribution is 7.98. The average Bonchev–Trinajstić information content (AvgIpc) is 2.17. The summed E-state index contributed by atoms with van der Waals surface area (Å²) >= 11 is 1.69. The van der Waals surface area contributed by atoms with Crippen LogP contribution in [0.15, 0.2) is 29.2 Å². The second-order valence-corrected chi connectivity index (χ2v) is 4.39. The van der Waals surface area contributed by atoms with E-state index in [1.807, 2.05) is 49.5 Å². The molecule has 1 rings (SSSR count). The summed E-state index contributed by atoms with van der Waals surface area (Å²) in [5.41, 5.74) is 0.847. The fraction of sp³-hybridized carbons (Fsp3) is 0.364. The number of nitrogens with one attached hydrogen (secondary N) is 1. The van der Waals surface area contributed by atoms with Crippen molar-refractivity contribution in [2.24, 2.45) is 0 Å². The van der Waals surface area contributed by atoms with E-state index in [4.69, 9.17) is 0 Å². The predicted molar refractivity (Wildman–Crippen MR) is 65.4 cm³/mol. The molecule has 0 saturated heterocycles. The molecular formula is C11H16N2OS. The Hall–Kier alpha value is -1.00. The second kappa shape index (κ2) is 5.78. The molecule has 3 nitrogen and oxygen atoms in total. The largest absolute Gasteiger partial charge is 0.325 e. The van der Waals surface area contributed by atoms with Gasteiger partial charge in [-0.2, -0.15) is 0 Å². The molecular weight excluding hydrogens is 208 g/mol. The zero-order valence-corrected chi connectivity index (χ0v) is 10.1. The number of hydrogen-bond donors (Lipinski definition) is 1. The maximum absolute atomic E-state index is 11.4. The Morgan fingerprint density at radius 3 is 2.40 bits per heavy atom. The van der Waals surface area contributed by atoms with Crippen LogP contribution in [0.3, 0.4) is 0 Å². The van der Waals surface area contributed by atoms with Crippen molar-refractivity contribution in [3.8, 4) is 0 Å². The molecule has 0 spiro atoms. The molecule has 0 aliphatic rings. The van der Waals surface area contributed by atoms with Crippen LogP contribution >= 0.6 is 11.8 Å². The summed E-state index contributed by atoms with van der Waals surface area (Å²) in [5, 5.41) is 2.83. The van der Waals surface area contributed by atoms with Gasteiger partial charge in [-0.15, -0.1) is 11.8 Å². The number of nitrogens with zero attached hydrogens (tertiary/aromatic N) is 1. The van der Waals surface area contributed by atoms with Crippen molar-refractivity contribution >= 4 is 23.4 Å². The summed E-state index contributed by atoms with van der Waals surface area (Å²) in [6.45, 7) is 0.407. The monoisotopic (exact) mass is 224 g/mol. The van der Waals surface area contributed by atoms with Gasteiger partial charge in [-0.3, -0.25) is 4.79 Å². The van der Waals surface area contributed by atoms with E-state index in [9.17, 15) is 4.79 Å². The minimum absolute atomic E-state index is 0.0110. The Kier molecular flexibility index (Phi) is 4.65. The lowest BCUT2D eigenvalue weighted by Crippen LogP contribution is -2.26. The van der Waals surface area contributed by atoms with E-state index < -0.39 is 0 Å². The molecule has 1 aromatic rings.